The monoisotopic (exact) mass is 181 g/mol. The van der Waals surface area contributed by atoms with Gasteiger partial charge >= 0.3 is 0 Å². The Balaban J connectivity index is 3.83. The molecular formula is C5H11NO4S. The van der Waals surface area contributed by atoms with E-state index in [1.54, 1.807) is 0 Å². The standard InChI is InChI=1S/C5H11NO4S/c1-6(2)5(7)4-10-11(3,8)9/h4H2,1-3H3. The van der Waals surface area contributed by atoms with Gasteiger partial charge in [0.05, 0.1) is 6.26 Å². The topological polar surface area (TPSA) is 63.7 Å². The summed E-state index contributed by atoms with van der Waals surface area (Å²) in [5, 5.41) is 0. The number of nitrogens with zero attached hydrogens (tertiary/aromatic N) is 1. The number of hydrogen-bond acceptors (Lipinski definition) is 4. The van der Waals surface area contributed by atoms with Gasteiger partial charge in [-0.05, 0) is 0 Å². The summed E-state index contributed by atoms with van der Waals surface area (Å²) in [6.07, 6.45) is 0.899. The summed E-state index contributed by atoms with van der Waals surface area (Å²) >= 11 is 0. The highest BCUT2D eigenvalue weighted by molar-refractivity contribution is 7.86. The van der Waals surface area contributed by atoms with Crippen molar-refractivity contribution in [2.24, 2.45) is 0 Å². The van der Waals surface area contributed by atoms with Crippen LogP contribution in [0.5, 0.6) is 0 Å². The van der Waals surface area contributed by atoms with Crippen LogP contribution in [0, 0.1) is 0 Å². The largest absolute Gasteiger partial charge is 0.347 e. The molecule has 11 heavy (non-hydrogen) atoms. The summed E-state index contributed by atoms with van der Waals surface area (Å²) < 4.78 is 25.0. The van der Waals surface area contributed by atoms with Crippen molar-refractivity contribution in [3.8, 4) is 0 Å². The van der Waals surface area contributed by atoms with Gasteiger partial charge in [-0.15, -0.1) is 0 Å². The highest BCUT2D eigenvalue weighted by Crippen LogP contribution is 1.88. The minimum absolute atomic E-state index is 0.379. The second-order valence-electron chi connectivity index (χ2n) is 2.25. The molecule has 0 aromatic rings. The zero-order valence-electron chi connectivity index (χ0n) is 6.70. The molecule has 0 fully saturated rings. The average Bonchev–Trinajstić information content (AvgIpc) is 1.80. The van der Waals surface area contributed by atoms with Crippen LogP contribution in [-0.4, -0.2) is 46.2 Å². The van der Waals surface area contributed by atoms with E-state index >= 15 is 0 Å². The molecule has 1 amide bonds. The molecule has 0 aromatic carbocycles. The zero-order chi connectivity index (χ0) is 9.07. The van der Waals surface area contributed by atoms with Crippen molar-refractivity contribution in [3.05, 3.63) is 0 Å². The predicted octanol–water partition coefficient (Wildman–Crippen LogP) is -0.949. The predicted molar refractivity (Wildman–Crippen MR) is 39.5 cm³/mol. The molecule has 0 atom stereocenters. The van der Waals surface area contributed by atoms with Crippen molar-refractivity contribution in [2.75, 3.05) is 27.0 Å². The van der Waals surface area contributed by atoms with Crippen LogP contribution in [0.25, 0.3) is 0 Å². The minimum atomic E-state index is -3.50. The van der Waals surface area contributed by atoms with Gasteiger partial charge < -0.3 is 4.90 Å². The van der Waals surface area contributed by atoms with E-state index in [9.17, 15) is 13.2 Å². The lowest BCUT2D eigenvalue weighted by atomic mass is 10.6. The molecule has 0 spiro atoms. The van der Waals surface area contributed by atoms with Crippen molar-refractivity contribution >= 4 is 16.0 Å². The van der Waals surface area contributed by atoms with E-state index in [4.69, 9.17) is 0 Å². The number of carbonyl (C=O) groups excluding carboxylic acids is 1. The maximum atomic E-state index is 10.7. The molecule has 0 aromatic heterocycles. The first-order valence-corrected chi connectivity index (χ1v) is 4.69. The third kappa shape index (κ3) is 5.81. The van der Waals surface area contributed by atoms with Gasteiger partial charge in [0, 0.05) is 14.1 Å². The lowest BCUT2D eigenvalue weighted by Gasteiger charge is -2.08. The Labute approximate surface area is 66.1 Å². The average molecular weight is 181 g/mol. The van der Waals surface area contributed by atoms with Gasteiger partial charge in [-0.1, -0.05) is 0 Å². The Morgan fingerprint density at radius 2 is 1.91 bits per heavy atom. The van der Waals surface area contributed by atoms with Crippen LogP contribution in [-0.2, 0) is 19.1 Å². The number of carbonyl (C=O) groups is 1. The normalized spacial score (nSPS) is 11.2. The fourth-order valence-corrected chi connectivity index (χ4v) is 0.601. The van der Waals surface area contributed by atoms with Gasteiger partial charge in [-0.3, -0.25) is 8.98 Å². The highest BCUT2D eigenvalue weighted by atomic mass is 32.2. The van der Waals surface area contributed by atoms with Crippen molar-refractivity contribution < 1.29 is 17.4 Å². The van der Waals surface area contributed by atoms with E-state index in [-0.39, 0.29) is 5.91 Å². The van der Waals surface area contributed by atoms with Crippen LogP contribution in [0.15, 0.2) is 0 Å². The fourth-order valence-electron chi connectivity index (χ4n) is 0.287. The summed E-state index contributed by atoms with van der Waals surface area (Å²) in [6.45, 7) is -0.425. The number of amides is 1. The Morgan fingerprint density at radius 1 is 1.45 bits per heavy atom. The molecule has 0 bridgehead atoms. The molecule has 0 aliphatic heterocycles. The molecule has 6 heteroatoms. The van der Waals surface area contributed by atoms with Crippen molar-refractivity contribution in [2.45, 2.75) is 0 Å². The smallest absolute Gasteiger partial charge is 0.264 e. The number of hydrogen-bond donors (Lipinski definition) is 0. The number of likely N-dealkylation sites (N-methyl/N-ethyl adjacent to an activating group) is 1. The molecule has 5 nitrogen and oxygen atoms in total. The second-order valence-corrected chi connectivity index (χ2v) is 3.90. The quantitative estimate of drug-likeness (QED) is 0.527. The molecule has 66 valence electrons. The molecule has 0 heterocycles. The number of rotatable bonds is 3. The first kappa shape index (κ1) is 10.4. The zero-order valence-corrected chi connectivity index (χ0v) is 7.51. The van der Waals surface area contributed by atoms with E-state index in [1.165, 1.54) is 19.0 Å². The van der Waals surface area contributed by atoms with Crippen LogP contribution >= 0.6 is 0 Å². The lowest BCUT2D eigenvalue weighted by molar-refractivity contribution is -0.130. The third-order valence-corrected chi connectivity index (χ3v) is 1.44. The Morgan fingerprint density at radius 3 is 2.18 bits per heavy atom. The SMILES string of the molecule is CN(C)C(=O)COS(C)(=O)=O. The van der Waals surface area contributed by atoms with Crippen LogP contribution in [0.4, 0.5) is 0 Å². The van der Waals surface area contributed by atoms with Crippen LogP contribution < -0.4 is 0 Å². The highest BCUT2D eigenvalue weighted by Gasteiger charge is 2.08. The van der Waals surface area contributed by atoms with Gasteiger partial charge in [0.1, 0.15) is 6.61 Å². The van der Waals surface area contributed by atoms with Crippen molar-refractivity contribution in [1.29, 1.82) is 0 Å². The van der Waals surface area contributed by atoms with Gasteiger partial charge in [-0.25, -0.2) is 0 Å². The molecule has 0 radical (unpaired) electrons. The molecule has 0 aliphatic rings. The Bertz CT molecular complexity index is 231. The molecule has 0 N–H and O–H groups in total. The summed E-state index contributed by atoms with van der Waals surface area (Å²) in [5.74, 6) is -0.379. The summed E-state index contributed by atoms with van der Waals surface area (Å²) in [4.78, 5) is 12.0. The molecule has 0 aliphatic carbocycles. The van der Waals surface area contributed by atoms with Gasteiger partial charge in [0.2, 0.25) is 5.91 Å². The van der Waals surface area contributed by atoms with Crippen molar-refractivity contribution in [1.82, 2.24) is 4.90 Å². The molecule has 0 saturated heterocycles. The Kier molecular flexibility index (Phi) is 3.47. The minimum Gasteiger partial charge on any atom is -0.347 e. The van der Waals surface area contributed by atoms with Crippen molar-refractivity contribution in [3.63, 3.8) is 0 Å². The molecule has 0 rings (SSSR count). The fraction of sp³-hybridized carbons (Fsp3) is 0.800. The first-order chi connectivity index (χ1) is 4.83. The summed E-state index contributed by atoms with van der Waals surface area (Å²) in [5.41, 5.74) is 0. The van der Waals surface area contributed by atoms with Crippen LogP contribution in [0.2, 0.25) is 0 Å². The molecular weight excluding hydrogens is 170 g/mol. The second kappa shape index (κ2) is 3.68. The van der Waals surface area contributed by atoms with Crippen LogP contribution in [0.1, 0.15) is 0 Å². The maximum Gasteiger partial charge on any atom is 0.264 e. The van der Waals surface area contributed by atoms with E-state index in [0.717, 1.165) is 6.26 Å². The lowest BCUT2D eigenvalue weighted by Crippen LogP contribution is -2.27. The molecule has 0 unspecified atom stereocenters. The first-order valence-electron chi connectivity index (χ1n) is 2.87. The van der Waals surface area contributed by atoms with Crippen LogP contribution in [0.3, 0.4) is 0 Å². The van der Waals surface area contributed by atoms with E-state index in [2.05, 4.69) is 4.18 Å². The summed E-state index contributed by atoms with van der Waals surface area (Å²) in [6, 6.07) is 0. The van der Waals surface area contributed by atoms with E-state index < -0.39 is 16.7 Å². The summed E-state index contributed by atoms with van der Waals surface area (Å²) in [7, 11) is -0.457. The van der Waals surface area contributed by atoms with Gasteiger partial charge in [-0.2, -0.15) is 8.42 Å². The Hall–Kier alpha value is -0.620. The van der Waals surface area contributed by atoms with Gasteiger partial charge in [0.15, 0.2) is 0 Å². The third-order valence-electron chi connectivity index (χ3n) is 0.895. The molecule has 0 saturated carbocycles. The van der Waals surface area contributed by atoms with E-state index in [1.807, 2.05) is 0 Å². The maximum absolute atomic E-state index is 10.7. The van der Waals surface area contributed by atoms with E-state index in [0.29, 0.717) is 0 Å². The van der Waals surface area contributed by atoms with Gasteiger partial charge in [0.25, 0.3) is 10.1 Å².